The number of hydrogen-bond donors (Lipinski definition) is 2. The number of hydrogen-bond acceptors (Lipinski definition) is 5. The Morgan fingerprint density at radius 3 is 2.47 bits per heavy atom. The van der Waals surface area contributed by atoms with Crippen molar-refractivity contribution in [1.82, 2.24) is 0 Å². The van der Waals surface area contributed by atoms with Gasteiger partial charge in [-0.3, -0.25) is 4.79 Å². The van der Waals surface area contributed by atoms with Crippen LogP contribution in [0.2, 0.25) is 0 Å². The summed E-state index contributed by atoms with van der Waals surface area (Å²) in [7, 11) is 3.13. The zero-order valence-corrected chi connectivity index (χ0v) is 17.2. The van der Waals surface area contributed by atoms with Crippen LogP contribution in [0, 0.1) is 0 Å². The number of carbonyl (C=O) groups is 1. The van der Waals surface area contributed by atoms with E-state index in [1.165, 1.54) is 5.56 Å². The second-order valence-electron chi connectivity index (χ2n) is 6.58. The first kappa shape index (κ1) is 21.0. The Bertz CT molecular complexity index is 960. The average Bonchev–Trinajstić information content (AvgIpc) is 2.78. The third kappa shape index (κ3) is 6.17. The minimum absolute atomic E-state index is 0.105. The number of amides is 1. The lowest BCUT2D eigenvalue weighted by Crippen LogP contribution is -2.22. The zero-order valence-electron chi connectivity index (χ0n) is 17.2. The highest BCUT2D eigenvalue weighted by atomic mass is 16.5. The Balaban J connectivity index is 1.51. The van der Waals surface area contributed by atoms with Crippen molar-refractivity contribution in [2.75, 3.05) is 38.0 Å². The van der Waals surface area contributed by atoms with Gasteiger partial charge in [0.05, 0.1) is 33.1 Å². The van der Waals surface area contributed by atoms with Gasteiger partial charge in [0.15, 0.2) is 0 Å². The van der Waals surface area contributed by atoms with Crippen molar-refractivity contribution >= 4 is 17.3 Å². The summed E-state index contributed by atoms with van der Waals surface area (Å²) in [5.41, 5.74) is 2.60. The third-order valence-corrected chi connectivity index (χ3v) is 4.47. The SMILES string of the molecule is COc1ccc(OC)c(NC(=O)CNc2cccc(OCCc3ccccc3)c2)c1. The first-order valence-electron chi connectivity index (χ1n) is 9.70. The van der Waals surface area contributed by atoms with Crippen LogP contribution in [0.5, 0.6) is 17.2 Å². The van der Waals surface area contributed by atoms with Crippen LogP contribution >= 0.6 is 0 Å². The molecule has 0 aliphatic heterocycles. The quantitative estimate of drug-likeness (QED) is 0.523. The maximum absolute atomic E-state index is 12.4. The van der Waals surface area contributed by atoms with E-state index in [1.807, 2.05) is 42.5 Å². The molecule has 3 aromatic carbocycles. The van der Waals surface area contributed by atoms with E-state index < -0.39 is 0 Å². The molecular weight excluding hydrogens is 380 g/mol. The zero-order chi connectivity index (χ0) is 21.2. The Morgan fingerprint density at radius 2 is 1.70 bits per heavy atom. The number of anilines is 2. The van der Waals surface area contributed by atoms with E-state index in [9.17, 15) is 4.79 Å². The average molecular weight is 406 g/mol. The fourth-order valence-electron chi connectivity index (χ4n) is 2.92. The van der Waals surface area contributed by atoms with E-state index in [0.29, 0.717) is 23.8 Å². The fraction of sp³-hybridized carbons (Fsp3) is 0.208. The lowest BCUT2D eigenvalue weighted by atomic mass is 10.2. The van der Waals surface area contributed by atoms with Crippen LogP contribution in [-0.4, -0.2) is 33.3 Å². The summed E-state index contributed by atoms with van der Waals surface area (Å²) in [6.07, 6.45) is 0.837. The summed E-state index contributed by atoms with van der Waals surface area (Å²) in [5, 5.41) is 5.95. The molecule has 3 aromatic rings. The van der Waals surface area contributed by atoms with Crippen molar-refractivity contribution in [2.45, 2.75) is 6.42 Å². The van der Waals surface area contributed by atoms with Crippen molar-refractivity contribution in [2.24, 2.45) is 0 Å². The number of ether oxygens (including phenoxy) is 3. The Hall–Kier alpha value is -3.67. The summed E-state index contributed by atoms with van der Waals surface area (Å²) in [4.78, 5) is 12.4. The van der Waals surface area contributed by atoms with Gasteiger partial charge in [0, 0.05) is 24.2 Å². The van der Waals surface area contributed by atoms with Gasteiger partial charge in [-0.1, -0.05) is 36.4 Å². The molecule has 0 saturated carbocycles. The molecule has 0 aromatic heterocycles. The first-order valence-corrected chi connectivity index (χ1v) is 9.70. The van der Waals surface area contributed by atoms with Gasteiger partial charge >= 0.3 is 0 Å². The number of nitrogens with one attached hydrogen (secondary N) is 2. The topological polar surface area (TPSA) is 68.8 Å². The fourth-order valence-corrected chi connectivity index (χ4v) is 2.92. The smallest absolute Gasteiger partial charge is 0.243 e. The van der Waals surface area contributed by atoms with E-state index in [1.54, 1.807) is 32.4 Å². The number of rotatable bonds is 10. The third-order valence-electron chi connectivity index (χ3n) is 4.47. The largest absolute Gasteiger partial charge is 0.497 e. The molecule has 1 amide bonds. The minimum Gasteiger partial charge on any atom is -0.497 e. The molecular formula is C24H26N2O4. The van der Waals surface area contributed by atoms with Crippen LogP contribution in [0.25, 0.3) is 0 Å². The van der Waals surface area contributed by atoms with Gasteiger partial charge in [0.2, 0.25) is 5.91 Å². The molecule has 6 nitrogen and oxygen atoms in total. The van der Waals surface area contributed by atoms with Crippen molar-refractivity contribution in [1.29, 1.82) is 0 Å². The second-order valence-corrected chi connectivity index (χ2v) is 6.58. The highest BCUT2D eigenvalue weighted by Gasteiger charge is 2.09. The molecule has 0 aliphatic carbocycles. The number of methoxy groups -OCH3 is 2. The van der Waals surface area contributed by atoms with Gasteiger partial charge < -0.3 is 24.8 Å². The predicted molar refractivity (Wildman–Crippen MR) is 119 cm³/mol. The molecule has 6 heteroatoms. The molecule has 156 valence electrons. The van der Waals surface area contributed by atoms with Crippen molar-refractivity contribution in [3.8, 4) is 17.2 Å². The standard InChI is InChI=1S/C24H26N2O4/c1-28-20-11-12-23(29-2)22(16-20)26-24(27)17-25-19-9-6-10-21(15-19)30-14-13-18-7-4-3-5-8-18/h3-12,15-16,25H,13-14,17H2,1-2H3,(H,26,27). The van der Waals surface area contributed by atoms with E-state index in [-0.39, 0.29) is 12.5 Å². The van der Waals surface area contributed by atoms with Crippen LogP contribution in [0.4, 0.5) is 11.4 Å². The molecule has 0 aliphatic rings. The number of benzene rings is 3. The summed E-state index contributed by atoms with van der Waals surface area (Å²) in [6.45, 7) is 0.692. The lowest BCUT2D eigenvalue weighted by Gasteiger charge is -2.13. The van der Waals surface area contributed by atoms with E-state index in [2.05, 4.69) is 22.8 Å². The van der Waals surface area contributed by atoms with Gasteiger partial charge in [-0.15, -0.1) is 0 Å². The Labute approximate surface area is 176 Å². The van der Waals surface area contributed by atoms with E-state index in [4.69, 9.17) is 14.2 Å². The molecule has 30 heavy (non-hydrogen) atoms. The highest BCUT2D eigenvalue weighted by Crippen LogP contribution is 2.28. The Kier molecular flexibility index (Phi) is 7.55. The molecule has 0 atom stereocenters. The molecule has 0 saturated heterocycles. The molecule has 0 unspecified atom stereocenters. The molecule has 2 N–H and O–H groups in total. The summed E-state index contributed by atoms with van der Waals surface area (Å²) in [6, 6.07) is 23.0. The molecule has 0 fully saturated rings. The molecule has 0 bridgehead atoms. The molecule has 3 rings (SSSR count). The maximum Gasteiger partial charge on any atom is 0.243 e. The minimum atomic E-state index is -0.197. The van der Waals surface area contributed by atoms with Crippen LogP contribution in [0.15, 0.2) is 72.8 Å². The van der Waals surface area contributed by atoms with Crippen molar-refractivity contribution < 1.29 is 19.0 Å². The lowest BCUT2D eigenvalue weighted by molar-refractivity contribution is -0.114. The number of carbonyl (C=O) groups excluding carboxylic acids is 1. The summed E-state index contributed by atoms with van der Waals surface area (Å²) in [5.74, 6) is 1.76. The van der Waals surface area contributed by atoms with Crippen LogP contribution in [0.3, 0.4) is 0 Å². The Morgan fingerprint density at radius 1 is 0.867 bits per heavy atom. The normalized spacial score (nSPS) is 10.2. The highest BCUT2D eigenvalue weighted by molar-refractivity contribution is 5.95. The first-order chi connectivity index (χ1) is 14.7. The van der Waals surface area contributed by atoms with Crippen molar-refractivity contribution in [3.63, 3.8) is 0 Å². The maximum atomic E-state index is 12.4. The summed E-state index contributed by atoms with van der Waals surface area (Å²) >= 11 is 0. The van der Waals surface area contributed by atoms with Crippen LogP contribution in [0.1, 0.15) is 5.56 Å². The second kappa shape index (κ2) is 10.8. The van der Waals surface area contributed by atoms with Gasteiger partial charge in [0.1, 0.15) is 17.2 Å². The summed E-state index contributed by atoms with van der Waals surface area (Å²) < 4.78 is 16.3. The van der Waals surface area contributed by atoms with Gasteiger partial charge in [-0.25, -0.2) is 0 Å². The van der Waals surface area contributed by atoms with Crippen LogP contribution in [-0.2, 0) is 11.2 Å². The van der Waals surface area contributed by atoms with Gasteiger partial charge in [-0.05, 0) is 29.8 Å². The van der Waals surface area contributed by atoms with Crippen molar-refractivity contribution in [3.05, 3.63) is 78.4 Å². The van der Waals surface area contributed by atoms with Gasteiger partial charge in [-0.2, -0.15) is 0 Å². The molecule has 0 heterocycles. The predicted octanol–water partition coefficient (Wildman–Crippen LogP) is 4.38. The monoisotopic (exact) mass is 406 g/mol. The molecule has 0 radical (unpaired) electrons. The van der Waals surface area contributed by atoms with Crippen LogP contribution < -0.4 is 24.8 Å². The van der Waals surface area contributed by atoms with E-state index in [0.717, 1.165) is 17.9 Å². The molecule has 0 spiro atoms. The van der Waals surface area contributed by atoms with E-state index >= 15 is 0 Å². The van der Waals surface area contributed by atoms with Gasteiger partial charge in [0.25, 0.3) is 0 Å².